The van der Waals surface area contributed by atoms with Crippen LogP contribution in [0.25, 0.3) is 0 Å². The standard InChI is InChI=1S/C19H26N2O3/c1-3-6-15-12-16(20-24-15)17-7-5-10-21(17)13-14-8-9-18(22)19(11-14)23-4-2/h8-9,11-12,17,22H,3-7,10,13H2,1-2H3. The molecule has 0 aliphatic carbocycles. The molecular formula is C19H26N2O3. The largest absolute Gasteiger partial charge is 0.504 e. The van der Waals surface area contributed by atoms with Crippen LogP contribution >= 0.6 is 0 Å². The molecule has 0 amide bonds. The van der Waals surface area contributed by atoms with Gasteiger partial charge in [0.25, 0.3) is 0 Å². The van der Waals surface area contributed by atoms with E-state index in [0.717, 1.165) is 55.8 Å². The first-order chi connectivity index (χ1) is 11.7. The predicted octanol–water partition coefficient (Wildman–Crippen LogP) is 4.07. The second-order valence-corrected chi connectivity index (χ2v) is 6.33. The van der Waals surface area contributed by atoms with Gasteiger partial charge in [-0.15, -0.1) is 0 Å². The highest BCUT2D eigenvalue weighted by Crippen LogP contribution is 2.34. The maximum atomic E-state index is 9.85. The Morgan fingerprint density at radius 3 is 3.00 bits per heavy atom. The fourth-order valence-corrected chi connectivity index (χ4v) is 3.36. The average molecular weight is 330 g/mol. The maximum Gasteiger partial charge on any atom is 0.161 e. The Morgan fingerprint density at radius 2 is 2.21 bits per heavy atom. The summed E-state index contributed by atoms with van der Waals surface area (Å²) >= 11 is 0. The van der Waals surface area contributed by atoms with Gasteiger partial charge in [0.05, 0.1) is 12.6 Å². The number of aromatic nitrogens is 1. The SMILES string of the molecule is CCCc1cc(C2CCCN2Cc2ccc(O)c(OCC)c2)no1. The number of likely N-dealkylation sites (tertiary alicyclic amines) is 1. The van der Waals surface area contributed by atoms with Crippen molar-refractivity contribution in [1.29, 1.82) is 0 Å². The minimum Gasteiger partial charge on any atom is -0.504 e. The lowest BCUT2D eigenvalue weighted by molar-refractivity contribution is 0.235. The first-order valence-electron chi connectivity index (χ1n) is 8.85. The molecule has 2 heterocycles. The molecule has 1 atom stereocenters. The molecule has 5 nitrogen and oxygen atoms in total. The highest BCUT2D eigenvalue weighted by molar-refractivity contribution is 5.41. The van der Waals surface area contributed by atoms with Crippen molar-refractivity contribution < 1.29 is 14.4 Å². The van der Waals surface area contributed by atoms with E-state index in [1.807, 2.05) is 19.1 Å². The molecule has 24 heavy (non-hydrogen) atoms. The summed E-state index contributed by atoms with van der Waals surface area (Å²) in [4.78, 5) is 2.43. The monoisotopic (exact) mass is 330 g/mol. The van der Waals surface area contributed by atoms with Crippen LogP contribution in [-0.2, 0) is 13.0 Å². The van der Waals surface area contributed by atoms with Gasteiger partial charge in [-0.25, -0.2) is 0 Å². The fraction of sp³-hybridized carbons (Fsp3) is 0.526. The van der Waals surface area contributed by atoms with Gasteiger partial charge in [0.15, 0.2) is 11.5 Å². The number of aromatic hydroxyl groups is 1. The number of nitrogens with zero attached hydrogens (tertiary/aromatic N) is 2. The van der Waals surface area contributed by atoms with Gasteiger partial charge >= 0.3 is 0 Å². The van der Waals surface area contributed by atoms with E-state index >= 15 is 0 Å². The molecule has 1 fully saturated rings. The molecule has 1 N–H and O–H groups in total. The van der Waals surface area contributed by atoms with Gasteiger partial charge in [-0.1, -0.05) is 18.1 Å². The second-order valence-electron chi connectivity index (χ2n) is 6.33. The number of ether oxygens (including phenoxy) is 1. The highest BCUT2D eigenvalue weighted by Gasteiger charge is 2.28. The second kappa shape index (κ2) is 7.71. The van der Waals surface area contributed by atoms with E-state index in [1.165, 1.54) is 0 Å². The summed E-state index contributed by atoms with van der Waals surface area (Å²) in [5.41, 5.74) is 2.18. The van der Waals surface area contributed by atoms with E-state index in [1.54, 1.807) is 6.07 Å². The van der Waals surface area contributed by atoms with Crippen molar-refractivity contribution in [3.8, 4) is 11.5 Å². The van der Waals surface area contributed by atoms with Crippen LogP contribution in [0.3, 0.4) is 0 Å². The van der Waals surface area contributed by atoms with Gasteiger partial charge < -0.3 is 14.4 Å². The van der Waals surface area contributed by atoms with Crippen LogP contribution in [0.5, 0.6) is 11.5 Å². The van der Waals surface area contributed by atoms with Crippen LogP contribution in [0.4, 0.5) is 0 Å². The fourth-order valence-electron chi connectivity index (χ4n) is 3.36. The Hall–Kier alpha value is -2.01. The van der Waals surface area contributed by atoms with E-state index < -0.39 is 0 Å². The molecule has 0 bridgehead atoms. The summed E-state index contributed by atoms with van der Waals surface area (Å²) < 4.78 is 10.9. The van der Waals surface area contributed by atoms with E-state index in [-0.39, 0.29) is 5.75 Å². The summed E-state index contributed by atoms with van der Waals surface area (Å²) in [6.45, 7) is 6.47. The van der Waals surface area contributed by atoms with Crippen LogP contribution in [-0.4, -0.2) is 28.3 Å². The number of hydrogen-bond acceptors (Lipinski definition) is 5. The Labute approximate surface area is 143 Å². The third kappa shape index (κ3) is 3.73. The van der Waals surface area contributed by atoms with Crippen LogP contribution < -0.4 is 4.74 Å². The number of hydrogen-bond donors (Lipinski definition) is 1. The van der Waals surface area contributed by atoms with Gasteiger partial charge in [0.2, 0.25) is 0 Å². The maximum absolute atomic E-state index is 9.85. The molecule has 0 saturated carbocycles. The van der Waals surface area contributed by atoms with Crippen LogP contribution in [0.1, 0.15) is 56.2 Å². The minimum absolute atomic E-state index is 0.194. The van der Waals surface area contributed by atoms with Crippen molar-refractivity contribution in [3.63, 3.8) is 0 Å². The van der Waals surface area contributed by atoms with E-state index in [2.05, 4.69) is 23.0 Å². The number of aryl methyl sites for hydroxylation is 1. The molecule has 3 rings (SSSR count). The Bertz CT molecular complexity index is 668. The molecule has 1 unspecified atom stereocenters. The van der Waals surface area contributed by atoms with Crippen LogP contribution in [0, 0.1) is 0 Å². The third-order valence-electron chi connectivity index (χ3n) is 4.49. The van der Waals surface area contributed by atoms with Crippen molar-refractivity contribution in [2.75, 3.05) is 13.2 Å². The Morgan fingerprint density at radius 1 is 1.33 bits per heavy atom. The summed E-state index contributed by atoms with van der Waals surface area (Å²) in [5, 5.41) is 14.1. The number of rotatable bonds is 7. The van der Waals surface area contributed by atoms with E-state index in [0.29, 0.717) is 18.4 Å². The zero-order valence-electron chi connectivity index (χ0n) is 14.5. The first kappa shape index (κ1) is 16.8. The predicted molar refractivity (Wildman–Crippen MR) is 92.2 cm³/mol. The molecule has 0 radical (unpaired) electrons. The molecule has 2 aromatic rings. The molecule has 0 spiro atoms. The van der Waals surface area contributed by atoms with Gasteiger partial charge in [-0.2, -0.15) is 0 Å². The van der Waals surface area contributed by atoms with Gasteiger partial charge in [0, 0.05) is 19.0 Å². The average Bonchev–Trinajstić information content (AvgIpc) is 3.20. The number of phenols is 1. The smallest absolute Gasteiger partial charge is 0.161 e. The summed E-state index contributed by atoms with van der Waals surface area (Å²) in [6.07, 6.45) is 4.28. The van der Waals surface area contributed by atoms with Gasteiger partial charge in [-0.3, -0.25) is 4.90 Å². The van der Waals surface area contributed by atoms with E-state index in [4.69, 9.17) is 9.26 Å². The van der Waals surface area contributed by atoms with Crippen molar-refractivity contribution in [1.82, 2.24) is 10.1 Å². The normalized spacial score (nSPS) is 18.2. The van der Waals surface area contributed by atoms with Crippen LogP contribution in [0.15, 0.2) is 28.8 Å². The lowest BCUT2D eigenvalue weighted by atomic mass is 10.1. The number of benzene rings is 1. The molecule has 1 aromatic heterocycles. The van der Waals surface area contributed by atoms with Gasteiger partial charge in [-0.05, 0) is 50.4 Å². The quantitative estimate of drug-likeness (QED) is 0.829. The molecule has 1 aromatic carbocycles. The highest BCUT2D eigenvalue weighted by atomic mass is 16.5. The van der Waals surface area contributed by atoms with Crippen molar-refractivity contribution >= 4 is 0 Å². The lowest BCUT2D eigenvalue weighted by Crippen LogP contribution is -2.23. The molecular weight excluding hydrogens is 304 g/mol. The third-order valence-corrected chi connectivity index (χ3v) is 4.49. The molecule has 1 aliphatic rings. The zero-order chi connectivity index (χ0) is 16.9. The van der Waals surface area contributed by atoms with E-state index in [9.17, 15) is 5.11 Å². The minimum atomic E-state index is 0.194. The van der Waals surface area contributed by atoms with Crippen molar-refractivity contribution in [2.45, 2.75) is 52.1 Å². The molecule has 130 valence electrons. The zero-order valence-corrected chi connectivity index (χ0v) is 14.5. The molecule has 1 aliphatic heterocycles. The van der Waals surface area contributed by atoms with Gasteiger partial charge in [0.1, 0.15) is 11.5 Å². The van der Waals surface area contributed by atoms with Crippen LogP contribution in [0.2, 0.25) is 0 Å². The van der Waals surface area contributed by atoms with Crippen molar-refractivity contribution in [2.24, 2.45) is 0 Å². The Kier molecular flexibility index (Phi) is 5.41. The summed E-state index contributed by atoms with van der Waals surface area (Å²) in [7, 11) is 0. The molecule has 5 heteroatoms. The Balaban J connectivity index is 1.72. The first-order valence-corrected chi connectivity index (χ1v) is 8.85. The topological polar surface area (TPSA) is 58.7 Å². The molecule has 1 saturated heterocycles. The number of phenolic OH excluding ortho intramolecular Hbond substituents is 1. The summed E-state index contributed by atoms with van der Waals surface area (Å²) in [6, 6.07) is 8.01. The lowest BCUT2D eigenvalue weighted by Gasteiger charge is -2.23. The summed E-state index contributed by atoms with van der Waals surface area (Å²) in [5.74, 6) is 1.72. The van der Waals surface area contributed by atoms with Crippen molar-refractivity contribution in [3.05, 3.63) is 41.3 Å².